The third kappa shape index (κ3) is 4.40. The summed E-state index contributed by atoms with van der Waals surface area (Å²) in [5.41, 5.74) is 3.32. The van der Waals surface area contributed by atoms with Gasteiger partial charge in [0.25, 0.3) is 0 Å². The van der Waals surface area contributed by atoms with Crippen molar-refractivity contribution in [1.82, 2.24) is 5.32 Å². The molecule has 6 heteroatoms. The van der Waals surface area contributed by atoms with Crippen molar-refractivity contribution < 1.29 is 14.2 Å². The van der Waals surface area contributed by atoms with Gasteiger partial charge in [-0.05, 0) is 48.4 Å². The van der Waals surface area contributed by atoms with Gasteiger partial charge < -0.3 is 9.84 Å². The molecule has 3 aromatic carbocycles. The van der Waals surface area contributed by atoms with Gasteiger partial charge in [0, 0.05) is 28.2 Å². The number of ether oxygens (including phenoxy) is 1. The lowest BCUT2D eigenvalue weighted by Crippen LogP contribution is -2.33. The Morgan fingerprint density at radius 1 is 1.13 bits per heavy atom. The highest BCUT2D eigenvalue weighted by Crippen LogP contribution is 2.39. The standard InChI is InChI=1S/C24H22BrFN2O2/c1-2-30-22-11-5-10-19(23(22)29)21-14-20(15-6-3-8-17(25)12-15)27-24(28-21)16-7-4-9-18(26)13-16/h3-13,21,24,28-29H,2,14H2,1H3/t21-,24-/m0/s1. The predicted molar refractivity (Wildman–Crippen MR) is 120 cm³/mol. The van der Waals surface area contributed by atoms with Crippen LogP contribution in [0.25, 0.3) is 0 Å². The third-order valence-electron chi connectivity index (χ3n) is 5.07. The van der Waals surface area contributed by atoms with Crippen molar-refractivity contribution in [2.45, 2.75) is 25.6 Å². The molecule has 0 unspecified atom stereocenters. The first-order valence-corrected chi connectivity index (χ1v) is 10.6. The molecule has 4 nitrogen and oxygen atoms in total. The summed E-state index contributed by atoms with van der Waals surface area (Å²) in [5.74, 6) is 0.257. The van der Waals surface area contributed by atoms with Crippen LogP contribution in [-0.4, -0.2) is 17.4 Å². The minimum atomic E-state index is -0.441. The fraction of sp³-hybridized carbons (Fsp3) is 0.208. The molecule has 3 aromatic rings. The van der Waals surface area contributed by atoms with Crippen molar-refractivity contribution in [3.05, 3.63) is 93.7 Å². The molecule has 1 aliphatic heterocycles. The molecule has 0 amide bonds. The molecule has 2 N–H and O–H groups in total. The minimum absolute atomic E-state index is 0.116. The lowest BCUT2D eigenvalue weighted by atomic mass is 9.93. The Morgan fingerprint density at radius 2 is 1.93 bits per heavy atom. The molecule has 154 valence electrons. The van der Waals surface area contributed by atoms with Crippen LogP contribution in [0.4, 0.5) is 4.39 Å². The van der Waals surface area contributed by atoms with E-state index >= 15 is 0 Å². The summed E-state index contributed by atoms with van der Waals surface area (Å²) in [6.07, 6.45) is 0.134. The Hall–Kier alpha value is -2.70. The number of rotatable bonds is 5. The molecule has 0 saturated heterocycles. The van der Waals surface area contributed by atoms with Gasteiger partial charge in [-0.2, -0.15) is 0 Å². The van der Waals surface area contributed by atoms with Crippen LogP contribution in [0.3, 0.4) is 0 Å². The monoisotopic (exact) mass is 468 g/mol. The smallest absolute Gasteiger partial charge is 0.162 e. The van der Waals surface area contributed by atoms with E-state index in [9.17, 15) is 9.50 Å². The average molecular weight is 469 g/mol. The van der Waals surface area contributed by atoms with Gasteiger partial charge >= 0.3 is 0 Å². The largest absolute Gasteiger partial charge is 0.504 e. The number of hydrogen-bond acceptors (Lipinski definition) is 4. The van der Waals surface area contributed by atoms with Crippen molar-refractivity contribution in [2.75, 3.05) is 6.61 Å². The highest BCUT2D eigenvalue weighted by Gasteiger charge is 2.28. The first-order chi connectivity index (χ1) is 14.5. The second-order valence-corrected chi connectivity index (χ2v) is 8.01. The summed E-state index contributed by atoms with van der Waals surface area (Å²) in [5, 5.41) is 14.3. The van der Waals surface area contributed by atoms with Gasteiger partial charge in [0.15, 0.2) is 11.5 Å². The van der Waals surface area contributed by atoms with Crippen molar-refractivity contribution >= 4 is 21.6 Å². The van der Waals surface area contributed by atoms with Crippen LogP contribution < -0.4 is 10.1 Å². The Labute approximate surface area is 183 Å². The zero-order valence-electron chi connectivity index (χ0n) is 16.5. The molecule has 0 spiro atoms. The van der Waals surface area contributed by atoms with E-state index in [1.807, 2.05) is 49.4 Å². The van der Waals surface area contributed by atoms with E-state index in [1.165, 1.54) is 12.1 Å². The molecule has 1 aliphatic rings. The Morgan fingerprint density at radius 3 is 2.70 bits per heavy atom. The summed E-state index contributed by atoms with van der Waals surface area (Å²) in [6, 6.07) is 19.6. The lowest BCUT2D eigenvalue weighted by Gasteiger charge is -2.31. The van der Waals surface area contributed by atoms with Gasteiger partial charge in [0.2, 0.25) is 0 Å². The fourth-order valence-corrected chi connectivity index (χ4v) is 4.09. The molecule has 4 rings (SSSR count). The van der Waals surface area contributed by atoms with Crippen LogP contribution >= 0.6 is 15.9 Å². The normalized spacial score (nSPS) is 18.7. The van der Waals surface area contributed by atoms with Crippen LogP contribution in [0.15, 0.2) is 76.2 Å². The molecule has 0 aliphatic carbocycles. The number of aliphatic imine (C=N–C) groups is 1. The van der Waals surface area contributed by atoms with Crippen molar-refractivity contribution in [3.63, 3.8) is 0 Å². The highest BCUT2D eigenvalue weighted by atomic mass is 79.9. The Balaban J connectivity index is 1.77. The topological polar surface area (TPSA) is 53.8 Å². The quantitative estimate of drug-likeness (QED) is 0.488. The van der Waals surface area contributed by atoms with Gasteiger partial charge in [-0.3, -0.25) is 10.3 Å². The number of nitrogens with zero attached hydrogens (tertiary/aromatic N) is 1. The second-order valence-electron chi connectivity index (χ2n) is 7.09. The van der Waals surface area contributed by atoms with Crippen LogP contribution in [0.5, 0.6) is 11.5 Å². The van der Waals surface area contributed by atoms with Gasteiger partial charge in [0.1, 0.15) is 12.0 Å². The Bertz CT molecular complexity index is 1090. The number of phenols is 1. The average Bonchev–Trinajstić information content (AvgIpc) is 2.75. The first-order valence-electron chi connectivity index (χ1n) is 9.84. The number of nitrogens with one attached hydrogen (secondary N) is 1. The summed E-state index contributed by atoms with van der Waals surface area (Å²) in [7, 11) is 0. The summed E-state index contributed by atoms with van der Waals surface area (Å²) < 4.78 is 20.4. The van der Waals surface area contributed by atoms with Gasteiger partial charge in [0.05, 0.1) is 6.61 Å². The highest BCUT2D eigenvalue weighted by molar-refractivity contribution is 9.10. The number of aromatic hydroxyl groups is 1. The molecule has 0 radical (unpaired) electrons. The SMILES string of the molecule is CCOc1cccc([C@@H]2CC(c3cccc(Br)c3)=N[C@H](c3cccc(F)c3)N2)c1O. The van der Waals surface area contributed by atoms with Crippen LogP contribution in [-0.2, 0) is 0 Å². The zero-order chi connectivity index (χ0) is 21.1. The van der Waals surface area contributed by atoms with E-state index < -0.39 is 6.17 Å². The number of benzene rings is 3. The van der Waals surface area contributed by atoms with Gasteiger partial charge in [-0.1, -0.05) is 52.3 Å². The molecule has 2 atom stereocenters. The minimum Gasteiger partial charge on any atom is -0.504 e. The number of halogens is 2. The van der Waals surface area contributed by atoms with E-state index in [4.69, 9.17) is 9.73 Å². The maximum Gasteiger partial charge on any atom is 0.162 e. The van der Waals surface area contributed by atoms with Crippen LogP contribution in [0, 0.1) is 5.82 Å². The molecule has 0 bridgehead atoms. The second kappa shape index (κ2) is 8.98. The molecular formula is C24H22BrFN2O2. The van der Waals surface area contributed by atoms with Crippen molar-refractivity contribution in [3.8, 4) is 11.5 Å². The molecule has 0 aromatic heterocycles. The van der Waals surface area contributed by atoms with Crippen molar-refractivity contribution in [1.29, 1.82) is 0 Å². The molecule has 0 fully saturated rings. The van der Waals surface area contributed by atoms with Gasteiger partial charge in [-0.25, -0.2) is 4.39 Å². The van der Waals surface area contributed by atoms with Crippen LogP contribution in [0.1, 0.15) is 42.2 Å². The van der Waals surface area contributed by atoms with Gasteiger partial charge in [-0.15, -0.1) is 0 Å². The summed E-state index contributed by atoms with van der Waals surface area (Å²) in [6.45, 7) is 2.34. The summed E-state index contributed by atoms with van der Waals surface area (Å²) >= 11 is 3.52. The molecule has 0 saturated carbocycles. The first kappa shape index (κ1) is 20.6. The molecular weight excluding hydrogens is 447 g/mol. The van der Waals surface area contributed by atoms with E-state index in [0.29, 0.717) is 18.8 Å². The van der Waals surface area contributed by atoms with E-state index in [0.717, 1.165) is 26.9 Å². The zero-order valence-corrected chi connectivity index (χ0v) is 18.1. The lowest BCUT2D eigenvalue weighted by molar-refractivity contribution is 0.313. The van der Waals surface area contributed by atoms with Crippen LogP contribution in [0.2, 0.25) is 0 Å². The third-order valence-corrected chi connectivity index (χ3v) is 5.56. The van der Waals surface area contributed by atoms with E-state index in [2.05, 4.69) is 21.2 Å². The maximum atomic E-state index is 13.9. The fourth-order valence-electron chi connectivity index (χ4n) is 3.69. The Kier molecular flexibility index (Phi) is 6.16. The number of para-hydroxylation sites is 1. The van der Waals surface area contributed by atoms with Crippen molar-refractivity contribution in [2.24, 2.45) is 4.99 Å². The predicted octanol–water partition coefficient (Wildman–Crippen LogP) is 5.92. The van der Waals surface area contributed by atoms with E-state index in [1.54, 1.807) is 12.1 Å². The maximum absolute atomic E-state index is 13.9. The molecule has 1 heterocycles. The molecule has 30 heavy (non-hydrogen) atoms. The summed E-state index contributed by atoms with van der Waals surface area (Å²) in [4.78, 5) is 4.87. The number of phenolic OH excluding ortho intramolecular Hbond substituents is 1. The van der Waals surface area contributed by atoms with E-state index in [-0.39, 0.29) is 17.6 Å². The number of hydrogen-bond donors (Lipinski definition) is 2.